The first-order valence-electron chi connectivity index (χ1n) is 10.5. The van der Waals surface area contributed by atoms with Gasteiger partial charge in [0.2, 0.25) is 0 Å². The molecule has 0 spiro atoms. The van der Waals surface area contributed by atoms with E-state index in [1.807, 2.05) is 53.0 Å². The van der Waals surface area contributed by atoms with Gasteiger partial charge in [-0.15, -0.1) is 24.8 Å². The number of hydrogen-bond donors (Lipinski definition) is 1. The Morgan fingerprint density at radius 3 is 2.45 bits per heavy atom. The second-order valence-electron chi connectivity index (χ2n) is 8.13. The molecule has 1 amide bonds. The lowest BCUT2D eigenvalue weighted by Gasteiger charge is -2.32. The quantitative estimate of drug-likeness (QED) is 0.600. The van der Waals surface area contributed by atoms with Gasteiger partial charge in [0, 0.05) is 24.7 Å². The summed E-state index contributed by atoms with van der Waals surface area (Å²) >= 11 is 0. The van der Waals surface area contributed by atoms with Crippen LogP contribution in [0.2, 0.25) is 0 Å². The van der Waals surface area contributed by atoms with E-state index in [1.165, 1.54) is 0 Å². The highest BCUT2D eigenvalue weighted by Crippen LogP contribution is 2.28. The van der Waals surface area contributed by atoms with E-state index in [0.29, 0.717) is 11.5 Å². The Morgan fingerprint density at radius 1 is 1.16 bits per heavy atom. The van der Waals surface area contributed by atoms with Crippen molar-refractivity contribution < 1.29 is 4.79 Å². The molecule has 1 aliphatic rings. The van der Waals surface area contributed by atoms with Crippen LogP contribution in [0.3, 0.4) is 0 Å². The first kappa shape index (κ1) is 25.1. The molecule has 3 heterocycles. The van der Waals surface area contributed by atoms with E-state index in [4.69, 9.17) is 4.98 Å². The predicted molar refractivity (Wildman–Crippen MR) is 130 cm³/mol. The summed E-state index contributed by atoms with van der Waals surface area (Å²) in [7, 11) is 1.99. The van der Waals surface area contributed by atoms with Crippen LogP contribution in [-0.4, -0.2) is 52.3 Å². The predicted octanol–water partition coefficient (Wildman–Crippen LogP) is 4.59. The minimum absolute atomic E-state index is 0. The first-order chi connectivity index (χ1) is 14.1. The molecule has 3 aromatic rings. The monoisotopic (exact) mass is 463 g/mol. The number of likely N-dealkylation sites (tertiary alicyclic amines) is 1. The van der Waals surface area contributed by atoms with Gasteiger partial charge in [0.25, 0.3) is 5.91 Å². The molecule has 8 heteroatoms. The lowest BCUT2D eigenvalue weighted by atomic mass is 9.96. The number of nitrogens with one attached hydrogen (secondary N) is 1. The van der Waals surface area contributed by atoms with Crippen LogP contribution in [-0.2, 0) is 0 Å². The van der Waals surface area contributed by atoms with Crippen molar-refractivity contribution in [2.75, 3.05) is 26.7 Å². The number of carbonyl (C=O) groups excluding carboxylic acids is 1. The number of halogens is 2. The average molecular weight is 464 g/mol. The van der Waals surface area contributed by atoms with E-state index in [-0.39, 0.29) is 36.8 Å². The molecule has 31 heavy (non-hydrogen) atoms. The number of hydrogen-bond acceptors (Lipinski definition) is 4. The molecule has 1 N–H and O–H groups in total. The van der Waals surface area contributed by atoms with Crippen LogP contribution in [0.4, 0.5) is 0 Å². The maximum absolute atomic E-state index is 13.5. The summed E-state index contributed by atoms with van der Waals surface area (Å²) in [6.45, 7) is 6.78. The van der Waals surface area contributed by atoms with Crippen LogP contribution >= 0.6 is 24.8 Å². The van der Waals surface area contributed by atoms with Crippen molar-refractivity contribution >= 4 is 41.8 Å². The number of rotatable bonds is 5. The molecule has 0 saturated carbocycles. The minimum Gasteiger partial charge on any atom is -0.339 e. The highest BCUT2D eigenvalue weighted by molar-refractivity contribution is 6.06. The van der Waals surface area contributed by atoms with Gasteiger partial charge in [-0.25, -0.2) is 9.67 Å². The van der Waals surface area contributed by atoms with Crippen LogP contribution in [0.5, 0.6) is 0 Å². The highest BCUT2D eigenvalue weighted by Gasteiger charge is 2.26. The van der Waals surface area contributed by atoms with E-state index in [2.05, 4.69) is 24.3 Å². The van der Waals surface area contributed by atoms with Crippen molar-refractivity contribution in [2.24, 2.45) is 5.92 Å². The SMILES string of the molecule is CNCC1CCN(C(=O)c2cc(-c3ccccc3)nc3c2cnn3C(C)C)CC1.Cl.Cl. The van der Waals surface area contributed by atoms with E-state index >= 15 is 0 Å². The second kappa shape index (κ2) is 10.9. The fourth-order valence-corrected chi connectivity index (χ4v) is 4.13. The molecule has 0 bridgehead atoms. The Hall–Kier alpha value is -2.15. The average Bonchev–Trinajstić information content (AvgIpc) is 3.18. The van der Waals surface area contributed by atoms with Crippen LogP contribution in [0.1, 0.15) is 43.1 Å². The Balaban J connectivity index is 0.00000171. The number of aromatic nitrogens is 3. The maximum atomic E-state index is 13.5. The summed E-state index contributed by atoms with van der Waals surface area (Å²) < 4.78 is 1.90. The molecular weight excluding hydrogens is 433 g/mol. The molecule has 1 saturated heterocycles. The lowest BCUT2D eigenvalue weighted by Crippen LogP contribution is -2.40. The first-order valence-corrected chi connectivity index (χ1v) is 10.5. The molecule has 0 atom stereocenters. The van der Waals surface area contributed by atoms with Crippen molar-refractivity contribution in [2.45, 2.75) is 32.7 Å². The standard InChI is InChI=1S/C23H29N5O.2ClH/c1-16(2)28-22-20(15-25-28)19(13-21(26-22)18-7-5-4-6-8-18)23(29)27-11-9-17(10-12-27)14-24-3;;/h4-8,13,15-17,24H,9-12,14H2,1-3H3;2*1H. The summed E-state index contributed by atoms with van der Waals surface area (Å²) in [6.07, 6.45) is 3.87. The number of amides is 1. The lowest BCUT2D eigenvalue weighted by molar-refractivity contribution is 0.0693. The van der Waals surface area contributed by atoms with Crippen molar-refractivity contribution in [1.29, 1.82) is 0 Å². The molecule has 0 aliphatic carbocycles. The van der Waals surface area contributed by atoms with E-state index in [0.717, 1.165) is 54.8 Å². The number of fused-ring (bicyclic) bond motifs is 1. The summed E-state index contributed by atoms with van der Waals surface area (Å²) in [5, 5.41) is 8.62. The van der Waals surface area contributed by atoms with Crippen LogP contribution in [0.25, 0.3) is 22.3 Å². The molecule has 0 radical (unpaired) electrons. The van der Waals surface area contributed by atoms with E-state index in [9.17, 15) is 4.79 Å². The smallest absolute Gasteiger partial charge is 0.254 e. The Morgan fingerprint density at radius 2 is 1.84 bits per heavy atom. The fraction of sp³-hybridized carbons (Fsp3) is 0.435. The topological polar surface area (TPSA) is 63.1 Å². The molecule has 0 unspecified atom stereocenters. The molecule has 1 fully saturated rings. The zero-order valence-electron chi connectivity index (χ0n) is 18.2. The fourth-order valence-electron chi connectivity index (χ4n) is 4.13. The second-order valence-corrected chi connectivity index (χ2v) is 8.13. The third-order valence-corrected chi connectivity index (χ3v) is 5.75. The van der Waals surface area contributed by atoms with Gasteiger partial charge >= 0.3 is 0 Å². The van der Waals surface area contributed by atoms with E-state index < -0.39 is 0 Å². The van der Waals surface area contributed by atoms with Gasteiger partial charge in [0.1, 0.15) is 0 Å². The number of benzene rings is 1. The van der Waals surface area contributed by atoms with Gasteiger partial charge in [0.05, 0.1) is 22.8 Å². The Bertz CT molecular complexity index is 998. The van der Waals surface area contributed by atoms with Crippen molar-refractivity contribution in [3.05, 3.63) is 48.2 Å². The molecular formula is C23H31Cl2N5O. The van der Waals surface area contributed by atoms with Crippen molar-refractivity contribution in [1.82, 2.24) is 25.0 Å². The number of pyridine rings is 1. The number of carbonyl (C=O) groups is 1. The molecule has 1 aliphatic heterocycles. The van der Waals surface area contributed by atoms with Gasteiger partial charge in [0.15, 0.2) is 5.65 Å². The van der Waals surface area contributed by atoms with Crippen LogP contribution in [0.15, 0.2) is 42.6 Å². The minimum atomic E-state index is 0. The normalized spacial score (nSPS) is 14.4. The Labute approximate surface area is 196 Å². The van der Waals surface area contributed by atoms with Gasteiger partial charge in [-0.1, -0.05) is 30.3 Å². The zero-order valence-corrected chi connectivity index (χ0v) is 19.9. The molecule has 168 valence electrons. The maximum Gasteiger partial charge on any atom is 0.254 e. The number of piperidine rings is 1. The largest absolute Gasteiger partial charge is 0.339 e. The number of nitrogens with zero attached hydrogens (tertiary/aromatic N) is 4. The summed E-state index contributed by atoms with van der Waals surface area (Å²) in [6, 6.07) is 12.1. The summed E-state index contributed by atoms with van der Waals surface area (Å²) in [5.41, 5.74) is 3.30. The zero-order chi connectivity index (χ0) is 20.4. The van der Waals surface area contributed by atoms with Crippen molar-refractivity contribution in [3.8, 4) is 11.3 Å². The molecule has 6 nitrogen and oxygen atoms in total. The van der Waals surface area contributed by atoms with Gasteiger partial charge in [-0.2, -0.15) is 5.10 Å². The van der Waals surface area contributed by atoms with E-state index in [1.54, 1.807) is 6.20 Å². The molecule has 1 aromatic carbocycles. The van der Waals surface area contributed by atoms with Crippen LogP contribution < -0.4 is 5.32 Å². The summed E-state index contributed by atoms with van der Waals surface area (Å²) in [5.74, 6) is 0.728. The van der Waals surface area contributed by atoms with Gasteiger partial charge in [-0.05, 0) is 52.3 Å². The van der Waals surface area contributed by atoms with Crippen LogP contribution in [0, 0.1) is 5.92 Å². The third kappa shape index (κ3) is 5.20. The summed E-state index contributed by atoms with van der Waals surface area (Å²) in [4.78, 5) is 20.3. The van der Waals surface area contributed by atoms with Gasteiger partial charge in [-0.3, -0.25) is 4.79 Å². The molecule has 2 aromatic heterocycles. The van der Waals surface area contributed by atoms with Gasteiger partial charge < -0.3 is 10.2 Å². The third-order valence-electron chi connectivity index (χ3n) is 5.75. The Kier molecular flexibility index (Phi) is 8.86. The molecule has 4 rings (SSSR count). The highest BCUT2D eigenvalue weighted by atomic mass is 35.5. The van der Waals surface area contributed by atoms with Crippen molar-refractivity contribution in [3.63, 3.8) is 0 Å².